The molecule has 2 rings (SSSR count). The fourth-order valence-corrected chi connectivity index (χ4v) is 1.78. The quantitative estimate of drug-likeness (QED) is 0.775. The molecule has 0 bridgehead atoms. The SMILES string of the molecule is O=C(CCn1cncn1)NCc1ccccc1C#CCO. The topological polar surface area (TPSA) is 80.0 Å². The first-order valence-corrected chi connectivity index (χ1v) is 6.56. The number of hydrogen-bond acceptors (Lipinski definition) is 4. The maximum atomic E-state index is 11.8. The van der Waals surface area contributed by atoms with Gasteiger partial charge in [0.1, 0.15) is 19.3 Å². The molecule has 0 saturated heterocycles. The van der Waals surface area contributed by atoms with Crippen LogP contribution in [0.4, 0.5) is 0 Å². The minimum atomic E-state index is -0.182. The first-order valence-electron chi connectivity index (χ1n) is 6.56. The monoisotopic (exact) mass is 284 g/mol. The predicted octanol–water partition coefficient (Wildman–Crippen LogP) is 0.328. The maximum Gasteiger partial charge on any atom is 0.222 e. The molecule has 0 fully saturated rings. The van der Waals surface area contributed by atoms with E-state index in [1.54, 1.807) is 11.0 Å². The van der Waals surface area contributed by atoms with Gasteiger partial charge in [0.25, 0.3) is 0 Å². The van der Waals surface area contributed by atoms with Gasteiger partial charge < -0.3 is 10.4 Å². The van der Waals surface area contributed by atoms with E-state index in [9.17, 15) is 4.79 Å². The Bertz CT molecular complexity index is 641. The summed E-state index contributed by atoms with van der Waals surface area (Å²) in [5.74, 6) is 5.42. The Morgan fingerprint density at radius 1 is 1.38 bits per heavy atom. The molecule has 21 heavy (non-hydrogen) atoms. The Morgan fingerprint density at radius 2 is 2.24 bits per heavy atom. The number of carbonyl (C=O) groups excluding carboxylic acids is 1. The molecular weight excluding hydrogens is 268 g/mol. The molecule has 0 radical (unpaired) electrons. The number of aliphatic hydroxyl groups is 1. The van der Waals surface area contributed by atoms with Crippen LogP contribution in [0.2, 0.25) is 0 Å². The minimum absolute atomic E-state index is 0.0598. The zero-order chi connectivity index (χ0) is 14.9. The van der Waals surface area contributed by atoms with E-state index in [4.69, 9.17) is 5.11 Å². The van der Waals surface area contributed by atoms with Gasteiger partial charge in [0.05, 0.1) is 6.54 Å². The Hall–Kier alpha value is -2.65. The van der Waals surface area contributed by atoms with Crippen LogP contribution in [0.3, 0.4) is 0 Å². The molecule has 6 nitrogen and oxygen atoms in total. The molecule has 1 amide bonds. The highest BCUT2D eigenvalue weighted by Gasteiger charge is 2.04. The number of carbonyl (C=O) groups is 1. The van der Waals surface area contributed by atoms with Crippen molar-refractivity contribution in [2.24, 2.45) is 0 Å². The van der Waals surface area contributed by atoms with Gasteiger partial charge in [-0.2, -0.15) is 5.10 Å². The van der Waals surface area contributed by atoms with Gasteiger partial charge in [-0.3, -0.25) is 9.48 Å². The second kappa shape index (κ2) is 7.82. The molecule has 6 heteroatoms. The molecule has 108 valence electrons. The van der Waals surface area contributed by atoms with Crippen LogP contribution >= 0.6 is 0 Å². The molecule has 1 aromatic carbocycles. The summed E-state index contributed by atoms with van der Waals surface area (Å²) in [5, 5.41) is 15.5. The van der Waals surface area contributed by atoms with Gasteiger partial charge in [0.2, 0.25) is 5.91 Å². The van der Waals surface area contributed by atoms with Crippen LogP contribution in [0.1, 0.15) is 17.5 Å². The number of aromatic nitrogens is 3. The summed E-state index contributed by atoms with van der Waals surface area (Å²) in [6.45, 7) is 0.725. The highest BCUT2D eigenvalue weighted by molar-refractivity contribution is 5.75. The number of benzene rings is 1. The average molecular weight is 284 g/mol. The lowest BCUT2D eigenvalue weighted by Gasteiger charge is -2.07. The van der Waals surface area contributed by atoms with Crippen LogP contribution in [0.25, 0.3) is 0 Å². The second-order valence-electron chi connectivity index (χ2n) is 4.30. The number of aliphatic hydroxyl groups excluding tert-OH is 1. The van der Waals surface area contributed by atoms with Crippen molar-refractivity contribution in [3.8, 4) is 11.8 Å². The number of aryl methyl sites for hydroxylation is 1. The van der Waals surface area contributed by atoms with Gasteiger partial charge in [-0.25, -0.2) is 4.98 Å². The molecule has 2 N–H and O–H groups in total. The van der Waals surface area contributed by atoms with Crippen LogP contribution in [0.5, 0.6) is 0 Å². The van der Waals surface area contributed by atoms with Gasteiger partial charge in [-0.1, -0.05) is 30.0 Å². The van der Waals surface area contributed by atoms with Gasteiger partial charge in [-0.05, 0) is 11.6 Å². The van der Waals surface area contributed by atoms with Crippen molar-refractivity contribution in [1.82, 2.24) is 20.1 Å². The van der Waals surface area contributed by atoms with Gasteiger partial charge in [0.15, 0.2) is 0 Å². The number of nitrogens with zero attached hydrogens (tertiary/aromatic N) is 3. The van der Waals surface area contributed by atoms with E-state index in [2.05, 4.69) is 27.2 Å². The molecule has 0 aliphatic heterocycles. The molecule has 0 aliphatic carbocycles. The summed E-state index contributed by atoms with van der Waals surface area (Å²) in [6, 6.07) is 7.52. The third-order valence-corrected chi connectivity index (χ3v) is 2.83. The molecule has 0 saturated carbocycles. The molecule has 0 unspecified atom stereocenters. The third-order valence-electron chi connectivity index (χ3n) is 2.83. The van der Waals surface area contributed by atoms with Crippen molar-refractivity contribution in [2.75, 3.05) is 6.61 Å². The second-order valence-corrected chi connectivity index (χ2v) is 4.30. The fraction of sp³-hybridized carbons (Fsp3) is 0.267. The van der Waals surface area contributed by atoms with Crippen molar-refractivity contribution in [2.45, 2.75) is 19.5 Å². The molecule has 0 spiro atoms. The summed E-state index contributed by atoms with van der Waals surface area (Å²) < 4.78 is 1.61. The maximum absolute atomic E-state index is 11.8. The highest BCUT2D eigenvalue weighted by Crippen LogP contribution is 2.07. The fourth-order valence-electron chi connectivity index (χ4n) is 1.78. The van der Waals surface area contributed by atoms with Crippen molar-refractivity contribution < 1.29 is 9.90 Å². The summed E-state index contributed by atoms with van der Waals surface area (Å²) in [7, 11) is 0. The molecule has 0 aliphatic rings. The predicted molar refractivity (Wildman–Crippen MR) is 76.9 cm³/mol. The van der Waals surface area contributed by atoms with E-state index in [1.165, 1.54) is 6.33 Å². The number of hydrogen-bond donors (Lipinski definition) is 2. The van der Waals surface area contributed by atoms with Gasteiger partial charge >= 0.3 is 0 Å². The lowest BCUT2D eigenvalue weighted by Crippen LogP contribution is -2.24. The van der Waals surface area contributed by atoms with Crippen LogP contribution in [0.15, 0.2) is 36.9 Å². The molecule has 1 heterocycles. The lowest BCUT2D eigenvalue weighted by atomic mass is 10.1. The first-order chi connectivity index (χ1) is 10.3. The molecular formula is C15H16N4O2. The Balaban J connectivity index is 1.86. The van der Waals surface area contributed by atoms with Crippen LogP contribution in [-0.4, -0.2) is 32.4 Å². The average Bonchev–Trinajstić information content (AvgIpc) is 3.03. The first kappa shape index (κ1) is 14.8. The summed E-state index contributed by atoms with van der Waals surface area (Å²) in [5.41, 5.74) is 1.73. The summed E-state index contributed by atoms with van der Waals surface area (Å²) in [6.07, 6.45) is 3.36. The van der Waals surface area contributed by atoms with Crippen molar-refractivity contribution in [1.29, 1.82) is 0 Å². The zero-order valence-electron chi connectivity index (χ0n) is 11.5. The van der Waals surface area contributed by atoms with Gasteiger partial charge in [0, 0.05) is 18.5 Å². The Morgan fingerprint density at radius 3 is 3.00 bits per heavy atom. The van der Waals surface area contributed by atoms with E-state index in [1.807, 2.05) is 24.3 Å². The van der Waals surface area contributed by atoms with Crippen molar-refractivity contribution >= 4 is 5.91 Å². The summed E-state index contributed by atoms with van der Waals surface area (Å²) >= 11 is 0. The van der Waals surface area contributed by atoms with Crippen LogP contribution < -0.4 is 5.32 Å². The largest absolute Gasteiger partial charge is 0.384 e. The van der Waals surface area contributed by atoms with Crippen molar-refractivity contribution in [3.63, 3.8) is 0 Å². The highest BCUT2D eigenvalue weighted by atomic mass is 16.2. The van der Waals surface area contributed by atoms with E-state index in [0.29, 0.717) is 19.5 Å². The normalized spacial score (nSPS) is 9.76. The number of nitrogens with one attached hydrogen (secondary N) is 1. The zero-order valence-corrected chi connectivity index (χ0v) is 11.5. The van der Waals surface area contributed by atoms with Crippen LogP contribution in [0, 0.1) is 11.8 Å². The smallest absolute Gasteiger partial charge is 0.222 e. The van der Waals surface area contributed by atoms with E-state index in [-0.39, 0.29) is 12.5 Å². The molecule has 0 atom stereocenters. The Labute approximate surface area is 122 Å². The lowest BCUT2D eigenvalue weighted by molar-refractivity contribution is -0.121. The Kier molecular flexibility index (Phi) is 5.50. The van der Waals surface area contributed by atoms with E-state index in [0.717, 1.165) is 11.1 Å². The third kappa shape index (κ3) is 4.75. The standard InChI is InChI=1S/C15H16N4O2/c20-9-3-6-13-4-1-2-5-14(13)10-17-15(21)7-8-19-12-16-11-18-19/h1-2,4-5,11-12,20H,7-10H2,(H,17,21). The van der Waals surface area contributed by atoms with E-state index >= 15 is 0 Å². The molecule has 1 aromatic heterocycles. The number of rotatable bonds is 5. The number of amides is 1. The van der Waals surface area contributed by atoms with Crippen molar-refractivity contribution in [3.05, 3.63) is 48.0 Å². The van der Waals surface area contributed by atoms with E-state index < -0.39 is 0 Å². The summed E-state index contributed by atoms with van der Waals surface area (Å²) in [4.78, 5) is 15.6. The minimum Gasteiger partial charge on any atom is -0.384 e. The van der Waals surface area contributed by atoms with Crippen LogP contribution in [-0.2, 0) is 17.9 Å². The van der Waals surface area contributed by atoms with Gasteiger partial charge in [-0.15, -0.1) is 0 Å². The molecule has 2 aromatic rings.